The van der Waals surface area contributed by atoms with Gasteiger partial charge in [-0.2, -0.15) is 0 Å². The summed E-state index contributed by atoms with van der Waals surface area (Å²) in [6.07, 6.45) is 1.87. The largest absolute Gasteiger partial charge is 0.388 e. The summed E-state index contributed by atoms with van der Waals surface area (Å²) in [5.74, 6) is 0.0458. The van der Waals surface area contributed by atoms with E-state index >= 15 is 0 Å². The van der Waals surface area contributed by atoms with Crippen molar-refractivity contribution in [1.29, 1.82) is 0 Å². The van der Waals surface area contributed by atoms with Crippen LogP contribution in [0.2, 0.25) is 0 Å². The molecule has 84 valence electrons. The van der Waals surface area contributed by atoms with E-state index in [1.807, 2.05) is 32.3 Å². The zero-order valence-corrected chi connectivity index (χ0v) is 9.64. The fourth-order valence-electron chi connectivity index (χ4n) is 1.91. The monoisotopic (exact) mass is 217 g/mol. The van der Waals surface area contributed by atoms with Crippen LogP contribution in [0.4, 0.5) is 11.4 Å². The van der Waals surface area contributed by atoms with Crippen LogP contribution in [-0.2, 0) is 0 Å². The first-order chi connectivity index (χ1) is 7.71. The van der Waals surface area contributed by atoms with Gasteiger partial charge in [-0.25, -0.2) is 0 Å². The summed E-state index contributed by atoms with van der Waals surface area (Å²) < 4.78 is 0. The van der Waals surface area contributed by atoms with Crippen molar-refractivity contribution in [1.82, 2.24) is 5.32 Å². The Bertz CT molecular complexity index is 477. The maximum absolute atomic E-state index is 12.0. The Morgan fingerprint density at radius 1 is 1.00 bits per heavy atom. The van der Waals surface area contributed by atoms with E-state index in [1.165, 1.54) is 0 Å². The average molecular weight is 217 g/mol. The maximum atomic E-state index is 12.0. The molecule has 0 atom stereocenters. The van der Waals surface area contributed by atoms with Gasteiger partial charge in [-0.3, -0.25) is 4.79 Å². The lowest BCUT2D eigenvalue weighted by Crippen LogP contribution is -2.13. The van der Waals surface area contributed by atoms with Gasteiger partial charge in [-0.1, -0.05) is 0 Å². The number of anilines is 2. The fourth-order valence-corrected chi connectivity index (χ4v) is 1.91. The number of rotatable bonds is 3. The van der Waals surface area contributed by atoms with Crippen molar-refractivity contribution in [3.63, 3.8) is 0 Å². The van der Waals surface area contributed by atoms with Crippen molar-refractivity contribution >= 4 is 23.2 Å². The van der Waals surface area contributed by atoms with E-state index in [0.29, 0.717) is 5.70 Å². The van der Waals surface area contributed by atoms with Gasteiger partial charge >= 0.3 is 0 Å². The molecule has 0 bridgehead atoms. The summed E-state index contributed by atoms with van der Waals surface area (Å²) >= 11 is 0. The molecule has 0 heterocycles. The molecule has 0 saturated carbocycles. The molecule has 16 heavy (non-hydrogen) atoms. The average Bonchev–Trinajstić information content (AvgIpc) is 2.65. The van der Waals surface area contributed by atoms with Crippen molar-refractivity contribution < 1.29 is 4.79 Å². The Hall–Kier alpha value is -1.97. The van der Waals surface area contributed by atoms with E-state index in [0.717, 1.165) is 22.5 Å². The zero-order valence-electron chi connectivity index (χ0n) is 9.64. The van der Waals surface area contributed by atoms with Crippen molar-refractivity contribution in [2.75, 3.05) is 31.8 Å². The predicted octanol–water partition coefficient (Wildman–Crippen LogP) is 1.53. The third-order valence-corrected chi connectivity index (χ3v) is 2.77. The van der Waals surface area contributed by atoms with Crippen LogP contribution >= 0.6 is 0 Å². The number of nitrogens with one attached hydrogen (secondary N) is 3. The molecule has 0 radical (unpaired) electrons. The highest BCUT2D eigenvalue weighted by atomic mass is 16.1. The van der Waals surface area contributed by atoms with Crippen LogP contribution in [-0.4, -0.2) is 26.9 Å². The molecule has 0 spiro atoms. The lowest BCUT2D eigenvalue weighted by Gasteiger charge is -2.10. The minimum Gasteiger partial charge on any atom is -0.388 e. The van der Waals surface area contributed by atoms with Gasteiger partial charge in [0.25, 0.3) is 0 Å². The standard InChI is InChI=1S/C12H15N3O/c1-13-8-4-7-5-10(15-3)12(16)11(7)9(6-8)14-2/h4-6,13-14H,1-3H3,(H,15,16). The molecule has 0 saturated heterocycles. The number of carbonyl (C=O) groups is 1. The van der Waals surface area contributed by atoms with Crippen molar-refractivity contribution in [2.45, 2.75) is 0 Å². The first-order valence-electron chi connectivity index (χ1n) is 5.19. The van der Waals surface area contributed by atoms with Crippen LogP contribution in [0.3, 0.4) is 0 Å². The molecule has 0 fully saturated rings. The third-order valence-electron chi connectivity index (χ3n) is 2.77. The van der Waals surface area contributed by atoms with Crippen LogP contribution in [0.25, 0.3) is 6.08 Å². The predicted molar refractivity (Wildman–Crippen MR) is 66.9 cm³/mol. The van der Waals surface area contributed by atoms with Crippen molar-refractivity contribution in [2.24, 2.45) is 0 Å². The summed E-state index contributed by atoms with van der Waals surface area (Å²) in [6, 6.07) is 3.90. The van der Waals surface area contributed by atoms with Gasteiger partial charge in [0.15, 0.2) is 0 Å². The molecule has 2 rings (SSSR count). The number of hydrogen-bond donors (Lipinski definition) is 3. The lowest BCUT2D eigenvalue weighted by molar-refractivity contribution is 0.103. The Morgan fingerprint density at radius 3 is 2.31 bits per heavy atom. The minimum atomic E-state index is 0.0458. The normalized spacial score (nSPS) is 13.2. The number of fused-ring (bicyclic) bond motifs is 1. The number of ketones is 1. The van der Waals surface area contributed by atoms with E-state index in [1.54, 1.807) is 7.05 Å². The van der Waals surface area contributed by atoms with E-state index < -0.39 is 0 Å². The summed E-state index contributed by atoms with van der Waals surface area (Å²) in [4.78, 5) is 12.0. The molecule has 0 aromatic heterocycles. The molecule has 0 aliphatic heterocycles. The van der Waals surface area contributed by atoms with Crippen LogP contribution in [0.5, 0.6) is 0 Å². The molecule has 1 aromatic rings. The first kappa shape index (κ1) is 10.5. The molecule has 0 unspecified atom stereocenters. The Labute approximate surface area is 94.7 Å². The SMILES string of the molecule is CNC1=Cc2cc(NC)cc(NC)c2C1=O. The van der Waals surface area contributed by atoms with E-state index in [-0.39, 0.29) is 5.78 Å². The smallest absolute Gasteiger partial charge is 0.211 e. The molecule has 1 aliphatic rings. The highest BCUT2D eigenvalue weighted by molar-refractivity contribution is 6.20. The molecular formula is C12H15N3O. The van der Waals surface area contributed by atoms with Crippen LogP contribution in [0, 0.1) is 0 Å². The number of hydrogen-bond acceptors (Lipinski definition) is 4. The number of benzene rings is 1. The zero-order chi connectivity index (χ0) is 11.7. The van der Waals surface area contributed by atoms with Gasteiger partial charge in [0.1, 0.15) is 0 Å². The molecule has 1 aliphatic carbocycles. The summed E-state index contributed by atoms with van der Waals surface area (Å²) in [5, 5.41) is 9.05. The summed E-state index contributed by atoms with van der Waals surface area (Å²) in [5.41, 5.74) is 4.18. The van der Waals surface area contributed by atoms with Crippen LogP contribution in [0.1, 0.15) is 15.9 Å². The van der Waals surface area contributed by atoms with Crippen LogP contribution < -0.4 is 16.0 Å². The van der Waals surface area contributed by atoms with E-state index in [9.17, 15) is 4.79 Å². The van der Waals surface area contributed by atoms with Crippen molar-refractivity contribution in [3.05, 3.63) is 29.0 Å². The molecule has 4 heteroatoms. The number of carbonyl (C=O) groups excluding carboxylic acids is 1. The number of likely N-dealkylation sites (N-methyl/N-ethyl adjacent to an activating group) is 1. The summed E-state index contributed by atoms with van der Waals surface area (Å²) in [6.45, 7) is 0. The van der Waals surface area contributed by atoms with Gasteiger partial charge in [-0.15, -0.1) is 0 Å². The topological polar surface area (TPSA) is 53.2 Å². The maximum Gasteiger partial charge on any atom is 0.211 e. The minimum absolute atomic E-state index is 0.0458. The van der Waals surface area contributed by atoms with Gasteiger partial charge < -0.3 is 16.0 Å². The molecule has 1 aromatic carbocycles. The third kappa shape index (κ3) is 1.43. The summed E-state index contributed by atoms with van der Waals surface area (Å²) in [7, 11) is 5.44. The molecule has 0 amide bonds. The van der Waals surface area contributed by atoms with Gasteiger partial charge in [0, 0.05) is 32.5 Å². The first-order valence-corrected chi connectivity index (χ1v) is 5.19. The lowest BCUT2D eigenvalue weighted by atomic mass is 10.1. The van der Waals surface area contributed by atoms with Crippen molar-refractivity contribution in [3.8, 4) is 0 Å². The van der Waals surface area contributed by atoms with Gasteiger partial charge in [0.05, 0.1) is 11.3 Å². The second-order valence-electron chi connectivity index (χ2n) is 3.63. The van der Waals surface area contributed by atoms with Gasteiger partial charge in [-0.05, 0) is 23.8 Å². The fraction of sp³-hybridized carbons (Fsp3) is 0.250. The Morgan fingerprint density at radius 2 is 1.75 bits per heavy atom. The van der Waals surface area contributed by atoms with Crippen LogP contribution in [0.15, 0.2) is 17.8 Å². The van der Waals surface area contributed by atoms with E-state index in [4.69, 9.17) is 0 Å². The second kappa shape index (κ2) is 3.89. The van der Waals surface area contributed by atoms with E-state index in [2.05, 4.69) is 16.0 Å². The quantitative estimate of drug-likeness (QED) is 0.718. The molecule has 3 N–H and O–H groups in total. The Kier molecular flexibility index (Phi) is 2.56. The number of Topliss-reactive ketones (excluding diaryl/α,β-unsaturated/α-hetero) is 1. The van der Waals surface area contributed by atoms with Gasteiger partial charge in [0.2, 0.25) is 5.78 Å². The highest BCUT2D eigenvalue weighted by Crippen LogP contribution is 2.32. The number of allylic oxidation sites excluding steroid dienone is 1. The Balaban J connectivity index is 2.59. The molecular weight excluding hydrogens is 202 g/mol. The highest BCUT2D eigenvalue weighted by Gasteiger charge is 2.25. The molecule has 4 nitrogen and oxygen atoms in total. The second-order valence-corrected chi connectivity index (χ2v) is 3.63.